The first kappa shape index (κ1) is 19.7. The Balaban J connectivity index is 1.39. The maximum Gasteiger partial charge on any atom is 0.416 e. The van der Waals surface area contributed by atoms with Crippen molar-refractivity contribution >= 4 is 17.5 Å². The predicted octanol–water partition coefficient (Wildman–Crippen LogP) is 2.70. The fourth-order valence-corrected chi connectivity index (χ4v) is 4.67. The number of amides is 2. The van der Waals surface area contributed by atoms with Crippen molar-refractivity contribution in [2.24, 2.45) is 11.8 Å². The van der Waals surface area contributed by atoms with Crippen molar-refractivity contribution in [2.45, 2.75) is 24.4 Å². The summed E-state index contributed by atoms with van der Waals surface area (Å²) in [6, 6.07) is 8.18. The molecule has 2 amide bonds. The average molecular weight is 429 g/mol. The second kappa shape index (κ2) is 6.91. The highest BCUT2D eigenvalue weighted by atomic mass is 19.4. The van der Waals surface area contributed by atoms with E-state index in [-0.39, 0.29) is 24.7 Å². The predicted molar refractivity (Wildman–Crippen MR) is 104 cm³/mol. The van der Waals surface area contributed by atoms with Gasteiger partial charge in [-0.05, 0) is 35.9 Å². The number of anilines is 1. The van der Waals surface area contributed by atoms with Crippen LogP contribution in [0.2, 0.25) is 0 Å². The highest BCUT2D eigenvalue weighted by Gasteiger charge is 2.67. The van der Waals surface area contributed by atoms with Gasteiger partial charge in [0.15, 0.2) is 0 Å². The number of nitrogens with one attached hydrogen (secondary N) is 1. The normalized spacial score (nSPS) is 28.8. The van der Waals surface area contributed by atoms with E-state index in [9.17, 15) is 22.8 Å². The van der Waals surface area contributed by atoms with E-state index in [1.54, 1.807) is 36.7 Å². The van der Waals surface area contributed by atoms with Gasteiger partial charge >= 0.3 is 6.18 Å². The first-order chi connectivity index (χ1) is 14.8. The lowest BCUT2D eigenvalue weighted by Crippen LogP contribution is -2.44. The lowest BCUT2D eigenvalue weighted by atomic mass is 9.77. The van der Waals surface area contributed by atoms with E-state index in [0.717, 1.165) is 17.7 Å². The lowest BCUT2D eigenvalue weighted by molar-refractivity contribution is -0.137. The topological polar surface area (TPSA) is 71.5 Å². The molecule has 9 heteroatoms. The molecule has 1 aromatic heterocycles. The van der Waals surface area contributed by atoms with Crippen LogP contribution < -0.4 is 10.2 Å². The quantitative estimate of drug-likeness (QED) is 0.759. The Kier molecular flexibility index (Phi) is 4.40. The van der Waals surface area contributed by atoms with Crippen molar-refractivity contribution in [3.63, 3.8) is 0 Å². The van der Waals surface area contributed by atoms with Gasteiger partial charge in [-0.2, -0.15) is 13.2 Å². The minimum atomic E-state index is -4.52. The van der Waals surface area contributed by atoms with Crippen LogP contribution in [0.5, 0.6) is 0 Å². The molecule has 0 aliphatic carbocycles. The second-order valence-corrected chi connectivity index (χ2v) is 7.95. The number of benzene rings is 1. The first-order valence-electron chi connectivity index (χ1n) is 9.81. The number of halogens is 3. The number of nitrogens with zero attached hydrogens (tertiary/aromatic N) is 2. The number of aromatic nitrogens is 1. The fourth-order valence-electron chi connectivity index (χ4n) is 4.67. The van der Waals surface area contributed by atoms with Crippen LogP contribution in [0.15, 0.2) is 60.9 Å². The van der Waals surface area contributed by atoms with Gasteiger partial charge < -0.3 is 15.0 Å². The number of rotatable bonds is 4. The molecule has 2 fully saturated rings. The summed E-state index contributed by atoms with van der Waals surface area (Å²) in [6.45, 7) is 0.346. The molecule has 160 valence electrons. The summed E-state index contributed by atoms with van der Waals surface area (Å²) in [5.74, 6) is -2.25. The Morgan fingerprint density at radius 3 is 2.77 bits per heavy atom. The third-order valence-corrected chi connectivity index (χ3v) is 6.10. The summed E-state index contributed by atoms with van der Waals surface area (Å²) in [4.78, 5) is 31.4. The van der Waals surface area contributed by atoms with E-state index >= 15 is 0 Å². The minimum Gasteiger partial charge on any atom is -0.360 e. The van der Waals surface area contributed by atoms with Crippen LogP contribution in [0.25, 0.3) is 0 Å². The van der Waals surface area contributed by atoms with E-state index in [1.807, 2.05) is 0 Å². The maximum atomic E-state index is 13.3. The average Bonchev–Trinajstić information content (AvgIpc) is 3.40. The number of hydrogen-bond acceptors (Lipinski definition) is 4. The smallest absolute Gasteiger partial charge is 0.360 e. The number of alkyl halides is 3. The van der Waals surface area contributed by atoms with Gasteiger partial charge in [0.05, 0.1) is 30.0 Å². The molecule has 4 atom stereocenters. The molecule has 4 heterocycles. The Bertz CT molecular complexity index is 1070. The molecule has 1 spiro atoms. The Labute approximate surface area is 175 Å². The summed E-state index contributed by atoms with van der Waals surface area (Å²) in [7, 11) is 0. The van der Waals surface area contributed by atoms with Crippen molar-refractivity contribution in [2.75, 3.05) is 11.4 Å². The Morgan fingerprint density at radius 2 is 2.03 bits per heavy atom. The highest BCUT2D eigenvalue weighted by molar-refractivity contribution is 6.03. The molecule has 2 aromatic rings. The highest BCUT2D eigenvalue weighted by Crippen LogP contribution is 2.52. The molecular formula is C22H18F3N3O3. The summed E-state index contributed by atoms with van der Waals surface area (Å²) in [5, 5.41) is 2.84. The van der Waals surface area contributed by atoms with E-state index in [4.69, 9.17) is 4.74 Å². The zero-order chi connectivity index (χ0) is 21.8. The van der Waals surface area contributed by atoms with E-state index in [1.165, 1.54) is 17.0 Å². The van der Waals surface area contributed by atoms with Gasteiger partial charge in [0, 0.05) is 24.6 Å². The number of hydrogen-bond donors (Lipinski definition) is 1. The van der Waals surface area contributed by atoms with Gasteiger partial charge in [-0.1, -0.05) is 18.2 Å². The van der Waals surface area contributed by atoms with Gasteiger partial charge in [0.1, 0.15) is 5.60 Å². The molecule has 1 aromatic carbocycles. The summed E-state index contributed by atoms with van der Waals surface area (Å²) >= 11 is 0. The molecule has 31 heavy (non-hydrogen) atoms. The van der Waals surface area contributed by atoms with Crippen LogP contribution in [0, 0.1) is 11.8 Å². The minimum absolute atomic E-state index is 0.0684. The number of carbonyl (C=O) groups is 2. The molecule has 0 saturated carbocycles. The van der Waals surface area contributed by atoms with Crippen LogP contribution in [0.1, 0.15) is 11.1 Å². The van der Waals surface area contributed by atoms with Crippen molar-refractivity contribution in [3.8, 4) is 0 Å². The molecule has 3 aliphatic heterocycles. The van der Waals surface area contributed by atoms with Crippen molar-refractivity contribution in [1.29, 1.82) is 0 Å². The first-order valence-corrected chi connectivity index (χ1v) is 9.81. The van der Waals surface area contributed by atoms with Gasteiger partial charge in [0.2, 0.25) is 11.8 Å². The van der Waals surface area contributed by atoms with Crippen LogP contribution in [0.3, 0.4) is 0 Å². The number of fused-ring (bicyclic) bond motifs is 1. The molecule has 6 nitrogen and oxygen atoms in total. The second-order valence-electron chi connectivity index (χ2n) is 7.95. The molecule has 0 radical (unpaired) electrons. The van der Waals surface area contributed by atoms with Gasteiger partial charge in [-0.25, -0.2) is 0 Å². The number of ether oxygens (including phenoxy) is 1. The van der Waals surface area contributed by atoms with Gasteiger partial charge in [-0.3, -0.25) is 14.6 Å². The van der Waals surface area contributed by atoms with Crippen LogP contribution in [-0.4, -0.2) is 35.0 Å². The van der Waals surface area contributed by atoms with Crippen LogP contribution >= 0.6 is 0 Å². The molecule has 2 bridgehead atoms. The van der Waals surface area contributed by atoms with E-state index < -0.39 is 41.2 Å². The maximum absolute atomic E-state index is 13.3. The zero-order valence-electron chi connectivity index (χ0n) is 16.2. The fraction of sp³-hybridized carbons (Fsp3) is 0.318. The zero-order valence-corrected chi connectivity index (χ0v) is 16.2. The van der Waals surface area contributed by atoms with Gasteiger partial charge in [-0.15, -0.1) is 0 Å². The van der Waals surface area contributed by atoms with Crippen molar-refractivity contribution in [3.05, 3.63) is 72.1 Å². The van der Waals surface area contributed by atoms with Crippen molar-refractivity contribution < 1.29 is 27.5 Å². The Hall–Kier alpha value is -3.20. The standard InChI is InChI=1S/C22H18F3N3O3/c23-22(24,25)14-2-1-3-15(10-14)28-12-21-7-4-16(31-21)17(18(21)20(28)30)19(29)27-11-13-5-8-26-9-6-13/h1-10,16-18H,11-12H2,(H,27,29)/t16?,17?,18?,21-/m1/s1. The number of pyridine rings is 1. The van der Waals surface area contributed by atoms with E-state index in [2.05, 4.69) is 10.3 Å². The molecular weight excluding hydrogens is 411 g/mol. The Morgan fingerprint density at radius 1 is 1.26 bits per heavy atom. The van der Waals surface area contributed by atoms with Gasteiger partial charge in [0.25, 0.3) is 0 Å². The molecule has 5 rings (SSSR count). The lowest BCUT2D eigenvalue weighted by Gasteiger charge is -2.23. The number of carbonyl (C=O) groups excluding carboxylic acids is 2. The third kappa shape index (κ3) is 3.20. The summed E-state index contributed by atoms with van der Waals surface area (Å²) in [6.07, 6.45) is 1.71. The summed E-state index contributed by atoms with van der Waals surface area (Å²) < 4.78 is 45.4. The molecule has 1 N–H and O–H groups in total. The molecule has 3 aliphatic rings. The third-order valence-electron chi connectivity index (χ3n) is 6.10. The molecule has 2 saturated heterocycles. The monoisotopic (exact) mass is 429 g/mol. The SMILES string of the molecule is O=C(NCc1ccncc1)C1C2C=C[C@]3(CN(c4cccc(C(F)(F)F)c4)C(=O)C13)O2. The molecule has 3 unspecified atom stereocenters. The van der Waals surface area contributed by atoms with Crippen LogP contribution in [-0.2, 0) is 27.0 Å². The van der Waals surface area contributed by atoms with Crippen LogP contribution in [0.4, 0.5) is 18.9 Å². The van der Waals surface area contributed by atoms with Crippen molar-refractivity contribution in [1.82, 2.24) is 10.3 Å². The summed E-state index contributed by atoms with van der Waals surface area (Å²) in [5.41, 5.74) is -0.838. The largest absolute Gasteiger partial charge is 0.416 e. The van der Waals surface area contributed by atoms with E-state index in [0.29, 0.717) is 0 Å².